The zero-order chi connectivity index (χ0) is 17.6. The van der Waals surface area contributed by atoms with Crippen LogP contribution < -0.4 is 4.72 Å². The molecule has 0 saturated carbocycles. The fourth-order valence-electron chi connectivity index (χ4n) is 2.69. The van der Waals surface area contributed by atoms with Crippen LogP contribution in [0.15, 0.2) is 17.0 Å². The minimum atomic E-state index is -3.65. The van der Waals surface area contributed by atoms with Crippen molar-refractivity contribution < 1.29 is 18.3 Å². The number of likely N-dealkylation sites (N-methyl/N-ethyl adjacent to an activating group) is 1. The second kappa shape index (κ2) is 8.42. The van der Waals surface area contributed by atoms with Crippen LogP contribution in [-0.4, -0.2) is 50.6 Å². The molecule has 0 unspecified atom stereocenters. The number of sulfonamides is 1. The second-order valence-corrected chi connectivity index (χ2v) is 7.28. The normalized spacial score (nSPS) is 11.5. The lowest BCUT2D eigenvalue weighted by Crippen LogP contribution is -2.36. The molecule has 0 bridgehead atoms. The van der Waals surface area contributed by atoms with Gasteiger partial charge in [-0.1, -0.05) is 17.7 Å². The SMILES string of the molecule is CCN(CCO)C(=O)CCNS(=O)(=O)c1c(C)cc(C)cc1C. The fourth-order valence-corrected chi connectivity index (χ4v) is 4.17. The minimum Gasteiger partial charge on any atom is -0.395 e. The second-order valence-electron chi connectivity index (χ2n) is 5.57. The molecule has 0 heterocycles. The van der Waals surface area contributed by atoms with Gasteiger partial charge in [-0.15, -0.1) is 0 Å². The van der Waals surface area contributed by atoms with Crippen LogP contribution in [-0.2, 0) is 14.8 Å². The Balaban J connectivity index is 2.76. The van der Waals surface area contributed by atoms with E-state index in [2.05, 4.69) is 4.72 Å². The number of carbonyl (C=O) groups excluding carboxylic acids is 1. The summed E-state index contributed by atoms with van der Waals surface area (Å²) < 4.78 is 27.4. The molecule has 0 fully saturated rings. The van der Waals surface area contributed by atoms with Gasteiger partial charge in [-0.25, -0.2) is 13.1 Å². The lowest BCUT2D eigenvalue weighted by atomic mass is 10.1. The summed E-state index contributed by atoms with van der Waals surface area (Å²) in [5, 5.41) is 8.90. The van der Waals surface area contributed by atoms with Gasteiger partial charge in [0, 0.05) is 26.1 Å². The largest absolute Gasteiger partial charge is 0.395 e. The van der Waals surface area contributed by atoms with Gasteiger partial charge in [-0.3, -0.25) is 4.79 Å². The molecule has 0 aromatic heterocycles. The molecule has 0 aliphatic carbocycles. The minimum absolute atomic E-state index is 0.0376. The highest BCUT2D eigenvalue weighted by molar-refractivity contribution is 7.89. The number of nitrogens with one attached hydrogen (secondary N) is 1. The Bertz CT molecular complexity index is 633. The fraction of sp³-hybridized carbons (Fsp3) is 0.562. The van der Waals surface area contributed by atoms with Crippen LogP contribution >= 0.6 is 0 Å². The summed E-state index contributed by atoms with van der Waals surface area (Å²) in [5.74, 6) is -0.179. The molecule has 1 aromatic rings. The van der Waals surface area contributed by atoms with Crippen molar-refractivity contribution in [3.63, 3.8) is 0 Å². The van der Waals surface area contributed by atoms with E-state index < -0.39 is 10.0 Å². The molecule has 6 nitrogen and oxygen atoms in total. The maximum Gasteiger partial charge on any atom is 0.241 e. The number of rotatable bonds is 8. The Kier molecular flexibility index (Phi) is 7.18. The Hall–Kier alpha value is -1.44. The molecule has 0 aliphatic heterocycles. The maximum atomic E-state index is 12.5. The number of amides is 1. The quantitative estimate of drug-likeness (QED) is 0.741. The summed E-state index contributed by atoms with van der Waals surface area (Å²) >= 11 is 0. The van der Waals surface area contributed by atoms with E-state index in [1.807, 2.05) is 26.0 Å². The topological polar surface area (TPSA) is 86.7 Å². The molecular weight excluding hydrogens is 316 g/mol. The summed E-state index contributed by atoms with van der Waals surface area (Å²) in [5.41, 5.74) is 2.39. The summed E-state index contributed by atoms with van der Waals surface area (Å²) in [7, 11) is -3.65. The van der Waals surface area contributed by atoms with Gasteiger partial charge in [0.1, 0.15) is 0 Å². The number of hydrogen-bond donors (Lipinski definition) is 2. The maximum absolute atomic E-state index is 12.5. The number of aliphatic hydroxyl groups is 1. The van der Waals surface area contributed by atoms with Crippen molar-refractivity contribution in [3.05, 3.63) is 28.8 Å². The summed E-state index contributed by atoms with van der Waals surface area (Å²) in [6, 6.07) is 3.65. The predicted octanol–water partition coefficient (Wildman–Crippen LogP) is 1.12. The number of aliphatic hydroxyl groups excluding tert-OH is 1. The van der Waals surface area contributed by atoms with Gasteiger partial charge in [-0.2, -0.15) is 0 Å². The Morgan fingerprint density at radius 3 is 2.26 bits per heavy atom. The molecule has 2 N–H and O–H groups in total. The molecule has 7 heteroatoms. The molecule has 1 aromatic carbocycles. The van der Waals surface area contributed by atoms with Gasteiger partial charge in [0.05, 0.1) is 11.5 Å². The predicted molar refractivity (Wildman–Crippen MR) is 89.8 cm³/mol. The monoisotopic (exact) mass is 342 g/mol. The lowest BCUT2D eigenvalue weighted by Gasteiger charge is -2.20. The van der Waals surface area contributed by atoms with Crippen LogP contribution in [0.5, 0.6) is 0 Å². The number of carbonyl (C=O) groups is 1. The zero-order valence-corrected chi connectivity index (χ0v) is 15.0. The molecule has 130 valence electrons. The van der Waals surface area contributed by atoms with Gasteiger partial charge in [0.25, 0.3) is 0 Å². The van der Waals surface area contributed by atoms with Crippen LogP contribution in [0.1, 0.15) is 30.0 Å². The van der Waals surface area contributed by atoms with E-state index in [9.17, 15) is 13.2 Å². The number of benzene rings is 1. The molecule has 0 aliphatic rings. The third kappa shape index (κ3) is 5.30. The van der Waals surface area contributed by atoms with Crippen LogP contribution in [0.25, 0.3) is 0 Å². The number of hydrogen-bond acceptors (Lipinski definition) is 4. The smallest absolute Gasteiger partial charge is 0.241 e. The summed E-state index contributed by atoms with van der Waals surface area (Å²) in [6.45, 7) is 7.95. The first-order valence-electron chi connectivity index (χ1n) is 7.69. The van der Waals surface area contributed by atoms with E-state index in [4.69, 9.17) is 5.11 Å². The van der Waals surface area contributed by atoms with Crippen molar-refractivity contribution in [2.45, 2.75) is 39.0 Å². The highest BCUT2D eigenvalue weighted by atomic mass is 32.2. The lowest BCUT2D eigenvalue weighted by molar-refractivity contribution is -0.131. The van der Waals surface area contributed by atoms with Crippen molar-refractivity contribution in [2.75, 3.05) is 26.2 Å². The average Bonchev–Trinajstić information content (AvgIpc) is 2.42. The van der Waals surface area contributed by atoms with Crippen molar-refractivity contribution >= 4 is 15.9 Å². The third-order valence-corrected chi connectivity index (χ3v) is 5.37. The molecular formula is C16H26N2O4S. The molecule has 0 spiro atoms. The van der Waals surface area contributed by atoms with Gasteiger partial charge in [0.15, 0.2) is 0 Å². The van der Waals surface area contributed by atoms with Crippen molar-refractivity contribution in [3.8, 4) is 0 Å². The summed E-state index contributed by atoms with van der Waals surface area (Å²) in [4.78, 5) is 13.7. The highest BCUT2D eigenvalue weighted by Crippen LogP contribution is 2.21. The van der Waals surface area contributed by atoms with E-state index in [0.717, 1.165) is 5.56 Å². The van der Waals surface area contributed by atoms with Crippen LogP contribution in [0.2, 0.25) is 0 Å². The molecule has 0 radical (unpaired) electrons. The van der Waals surface area contributed by atoms with Gasteiger partial charge < -0.3 is 10.0 Å². The van der Waals surface area contributed by atoms with E-state index in [1.165, 1.54) is 4.90 Å². The zero-order valence-electron chi connectivity index (χ0n) is 14.2. The number of aryl methyl sites for hydroxylation is 3. The average molecular weight is 342 g/mol. The van der Waals surface area contributed by atoms with Crippen molar-refractivity contribution in [1.29, 1.82) is 0 Å². The third-order valence-electron chi connectivity index (χ3n) is 3.61. The van der Waals surface area contributed by atoms with E-state index in [-0.39, 0.29) is 36.9 Å². The molecule has 23 heavy (non-hydrogen) atoms. The van der Waals surface area contributed by atoms with Crippen LogP contribution in [0.4, 0.5) is 0 Å². The van der Waals surface area contributed by atoms with Gasteiger partial charge >= 0.3 is 0 Å². The molecule has 1 rings (SSSR count). The van der Waals surface area contributed by atoms with E-state index >= 15 is 0 Å². The first kappa shape index (κ1) is 19.6. The van der Waals surface area contributed by atoms with Crippen LogP contribution in [0.3, 0.4) is 0 Å². The standard InChI is InChI=1S/C16H26N2O4S/c1-5-18(8-9-19)15(20)6-7-17-23(21,22)16-13(3)10-12(2)11-14(16)4/h10-11,17,19H,5-9H2,1-4H3. The van der Waals surface area contributed by atoms with Crippen molar-refractivity contribution in [2.24, 2.45) is 0 Å². The van der Waals surface area contributed by atoms with Gasteiger partial charge in [0.2, 0.25) is 15.9 Å². The Morgan fingerprint density at radius 2 is 1.78 bits per heavy atom. The molecule has 1 amide bonds. The molecule has 0 saturated heterocycles. The van der Waals surface area contributed by atoms with Crippen LogP contribution in [0, 0.1) is 20.8 Å². The Labute approximate surface area is 138 Å². The van der Waals surface area contributed by atoms with E-state index in [1.54, 1.807) is 13.8 Å². The first-order valence-corrected chi connectivity index (χ1v) is 9.17. The highest BCUT2D eigenvalue weighted by Gasteiger charge is 2.20. The van der Waals surface area contributed by atoms with Gasteiger partial charge in [-0.05, 0) is 38.8 Å². The summed E-state index contributed by atoms with van der Waals surface area (Å²) in [6.07, 6.45) is 0.0665. The van der Waals surface area contributed by atoms with E-state index in [0.29, 0.717) is 17.7 Å². The van der Waals surface area contributed by atoms with Crippen molar-refractivity contribution in [1.82, 2.24) is 9.62 Å². The first-order chi connectivity index (χ1) is 10.7. The number of nitrogens with zero attached hydrogens (tertiary/aromatic N) is 1. The molecule has 0 atom stereocenters. The Morgan fingerprint density at radius 1 is 1.22 bits per heavy atom.